The van der Waals surface area contributed by atoms with Crippen LogP contribution < -0.4 is 11.1 Å². The summed E-state index contributed by atoms with van der Waals surface area (Å²) in [5.41, 5.74) is 9.38. The van der Waals surface area contributed by atoms with Crippen LogP contribution in [0.25, 0.3) is 0 Å². The van der Waals surface area contributed by atoms with Crippen LogP contribution in [0.4, 0.5) is 4.79 Å². The molecule has 1 aromatic heterocycles. The Labute approximate surface area is 323 Å². The van der Waals surface area contributed by atoms with Gasteiger partial charge in [0.1, 0.15) is 17.2 Å². The Hall–Kier alpha value is -2.72. The first-order valence-corrected chi connectivity index (χ1v) is 20.1. The number of halogens is 1. The van der Waals surface area contributed by atoms with E-state index in [0.29, 0.717) is 36.8 Å². The fraction of sp³-hybridized carbons (Fsp3) is 0.698. The molecule has 1 heterocycles. The minimum absolute atomic E-state index is 0.0217. The summed E-state index contributed by atoms with van der Waals surface area (Å²) in [6, 6.07) is 8.07. The number of aliphatic hydroxyl groups is 1. The Morgan fingerprint density at radius 1 is 1.04 bits per heavy atom. The van der Waals surface area contributed by atoms with E-state index in [-0.39, 0.29) is 16.6 Å². The molecule has 0 saturated heterocycles. The summed E-state index contributed by atoms with van der Waals surface area (Å²) in [5.74, 6) is 2.60. The molecule has 0 spiro atoms. The zero-order chi connectivity index (χ0) is 39.2. The Morgan fingerprint density at radius 3 is 2.34 bits per heavy atom. The Balaban J connectivity index is 1.41. The second-order valence-corrected chi connectivity index (χ2v) is 18.6. The van der Waals surface area contributed by atoms with E-state index in [1.807, 2.05) is 40.7 Å². The molecule has 4 rings (SSSR count). The number of benzene rings is 1. The average Bonchev–Trinajstić information content (AvgIpc) is 3.53. The van der Waals surface area contributed by atoms with Gasteiger partial charge in [-0.15, -0.1) is 0 Å². The Kier molecular flexibility index (Phi) is 14.5. The van der Waals surface area contributed by atoms with Crippen LogP contribution in [-0.4, -0.2) is 46.4 Å². The average molecular weight is 756 g/mol. The Bertz CT molecular complexity index is 1580. The summed E-state index contributed by atoms with van der Waals surface area (Å²) >= 11 is 5.65. The topological polar surface area (TPSA) is 136 Å². The third-order valence-electron chi connectivity index (χ3n) is 11.6. The maximum absolute atomic E-state index is 13.4. The van der Waals surface area contributed by atoms with Crippen LogP contribution in [0.3, 0.4) is 0 Å². The molecule has 1 fully saturated rings. The number of rotatable bonds is 15. The number of aliphatic imine (C=N–C) groups is 1. The van der Waals surface area contributed by atoms with Gasteiger partial charge in [0.05, 0.1) is 5.60 Å². The highest BCUT2D eigenvalue weighted by atomic mass is 35.5. The van der Waals surface area contributed by atoms with Crippen molar-refractivity contribution in [2.24, 2.45) is 22.6 Å². The lowest BCUT2D eigenvalue weighted by atomic mass is 9.60. The number of carbonyl (C=O) groups excluding carboxylic acids is 2. The van der Waals surface area contributed by atoms with Crippen molar-refractivity contribution in [1.29, 1.82) is 0 Å². The number of nitrogens with one attached hydrogen (secondary N) is 1. The highest BCUT2D eigenvalue weighted by molar-refractivity contribution is 6.67. The smallest absolute Gasteiger partial charge is 0.413 e. The lowest BCUT2D eigenvalue weighted by molar-refractivity contribution is -0.159. The van der Waals surface area contributed by atoms with E-state index in [4.69, 9.17) is 31.2 Å². The molecule has 296 valence electrons. The summed E-state index contributed by atoms with van der Waals surface area (Å²) in [7, 11) is 0. The first-order chi connectivity index (χ1) is 24.7. The minimum Gasteiger partial charge on any atom is -0.456 e. The number of amidine groups is 1. The number of fused-ring (bicyclic) bond motifs is 1. The molecule has 53 heavy (non-hydrogen) atoms. The van der Waals surface area contributed by atoms with Crippen LogP contribution in [-0.2, 0) is 26.7 Å². The van der Waals surface area contributed by atoms with Crippen molar-refractivity contribution in [1.82, 2.24) is 5.32 Å². The number of carbonyl (C=O) groups is 2. The number of aliphatic hydroxyl groups excluding tert-OH is 1. The molecule has 10 heteroatoms. The molecule has 1 saturated carbocycles. The summed E-state index contributed by atoms with van der Waals surface area (Å²) < 4.78 is 17.4. The van der Waals surface area contributed by atoms with Gasteiger partial charge in [-0.2, -0.15) is 0 Å². The number of furan rings is 1. The van der Waals surface area contributed by atoms with Crippen molar-refractivity contribution in [3.8, 4) is 0 Å². The number of aryl methyl sites for hydroxylation is 1. The normalized spacial score (nSPS) is 22.6. The van der Waals surface area contributed by atoms with Gasteiger partial charge < -0.3 is 24.7 Å². The largest absolute Gasteiger partial charge is 0.456 e. The van der Waals surface area contributed by atoms with Gasteiger partial charge in [-0.05, 0) is 162 Å². The van der Waals surface area contributed by atoms with Gasteiger partial charge in [0.15, 0.2) is 5.76 Å². The van der Waals surface area contributed by atoms with E-state index in [0.717, 1.165) is 56.6 Å². The second kappa shape index (κ2) is 17.8. The maximum Gasteiger partial charge on any atom is 0.413 e. The number of nitrogens with two attached hydrogens (primary N) is 1. The van der Waals surface area contributed by atoms with Gasteiger partial charge in [0.25, 0.3) is 11.7 Å². The van der Waals surface area contributed by atoms with Gasteiger partial charge in [-0.1, -0.05) is 58.6 Å². The highest BCUT2D eigenvalue weighted by Gasteiger charge is 2.41. The first-order valence-electron chi connectivity index (χ1n) is 19.7. The number of hydrogen-bond donors (Lipinski definition) is 3. The monoisotopic (exact) mass is 755 g/mol. The van der Waals surface area contributed by atoms with Gasteiger partial charge >= 0.3 is 6.09 Å². The number of amides is 1. The molecule has 4 N–H and O–H groups in total. The molecule has 2 aliphatic rings. The zero-order valence-electron chi connectivity index (χ0n) is 33.8. The molecule has 1 aromatic carbocycles. The van der Waals surface area contributed by atoms with E-state index in [2.05, 4.69) is 50.1 Å². The molecule has 9 nitrogen and oxygen atoms in total. The zero-order valence-corrected chi connectivity index (χ0v) is 34.6. The Morgan fingerprint density at radius 2 is 1.72 bits per heavy atom. The minimum atomic E-state index is -1.40. The number of ether oxygens (including phenoxy) is 2. The predicted octanol–water partition coefficient (Wildman–Crippen LogP) is 9.99. The summed E-state index contributed by atoms with van der Waals surface area (Å²) in [6.07, 6.45) is 10.5. The fourth-order valence-corrected chi connectivity index (χ4v) is 8.13. The van der Waals surface area contributed by atoms with Crippen molar-refractivity contribution in [2.45, 2.75) is 174 Å². The van der Waals surface area contributed by atoms with Crippen molar-refractivity contribution in [3.63, 3.8) is 0 Å². The highest BCUT2D eigenvalue weighted by Crippen LogP contribution is 2.49. The van der Waals surface area contributed by atoms with E-state index in [1.165, 1.54) is 42.4 Å². The van der Waals surface area contributed by atoms with E-state index in [1.54, 1.807) is 6.07 Å². The summed E-state index contributed by atoms with van der Waals surface area (Å²) in [4.78, 5) is 29.4. The molecule has 2 unspecified atom stereocenters. The van der Waals surface area contributed by atoms with Crippen LogP contribution >= 0.6 is 11.6 Å². The molecule has 2 aliphatic carbocycles. The predicted molar refractivity (Wildman–Crippen MR) is 213 cm³/mol. The first kappa shape index (κ1) is 43.0. The lowest BCUT2D eigenvalue weighted by Crippen LogP contribution is -2.41. The number of hydrogen-bond acceptors (Lipinski definition) is 8. The number of nitrogens with zero attached hydrogens (tertiary/aromatic N) is 1. The van der Waals surface area contributed by atoms with Crippen LogP contribution in [0.1, 0.15) is 171 Å². The summed E-state index contributed by atoms with van der Waals surface area (Å²) in [6.45, 7) is 19.3. The van der Waals surface area contributed by atoms with Crippen LogP contribution in [0.2, 0.25) is 0 Å². The molecule has 1 amide bonds. The van der Waals surface area contributed by atoms with E-state index >= 15 is 0 Å². The van der Waals surface area contributed by atoms with Crippen molar-refractivity contribution in [3.05, 3.63) is 58.0 Å². The van der Waals surface area contributed by atoms with Gasteiger partial charge in [-0.25, -0.2) is 9.79 Å². The van der Waals surface area contributed by atoms with Crippen LogP contribution in [0.5, 0.6) is 0 Å². The maximum atomic E-state index is 13.4. The molecule has 0 aliphatic heterocycles. The lowest BCUT2D eigenvalue weighted by Gasteiger charge is -2.45. The molecule has 2 atom stereocenters. The fourth-order valence-electron chi connectivity index (χ4n) is 8.02. The number of unbranched alkanes of at least 4 members (excludes halogenated alkanes) is 1. The third-order valence-corrected chi connectivity index (χ3v) is 11.8. The molecular weight excluding hydrogens is 690 g/mol. The van der Waals surface area contributed by atoms with Crippen LogP contribution in [0.15, 0.2) is 33.7 Å². The number of alkyl carbamates (subject to hydrolysis) is 1. The second-order valence-electron chi connectivity index (χ2n) is 18.3. The van der Waals surface area contributed by atoms with Crippen molar-refractivity contribution >= 4 is 28.8 Å². The van der Waals surface area contributed by atoms with Gasteiger partial charge in [-0.3, -0.25) is 10.1 Å². The quantitative estimate of drug-likeness (QED) is 0.0541. The molecule has 2 aromatic rings. The molecular formula is C43H66ClN3O6. The van der Waals surface area contributed by atoms with Crippen molar-refractivity contribution in [2.75, 3.05) is 6.54 Å². The molecule has 0 radical (unpaired) electrons. The van der Waals surface area contributed by atoms with E-state index in [9.17, 15) is 14.7 Å². The van der Waals surface area contributed by atoms with E-state index < -0.39 is 29.0 Å². The van der Waals surface area contributed by atoms with Crippen molar-refractivity contribution < 1.29 is 28.6 Å². The summed E-state index contributed by atoms with van der Waals surface area (Å²) in [5, 5.41) is 12.8. The SMILES string of the molecule is Cc1cc2c(cc1Cc1ccc(C(=O)Cl)o1)C(C)(CCC(C)(C)OC(=O)N/C(CCCCC1CCC(CN)CC1)=N\C(O)OC(C)(C)C)CCC2(C)C. The molecule has 0 bridgehead atoms. The standard InChI is InChI=1S/C43H66ClN3O6/c1-28-24-33-34(26-31(28)25-32-18-19-35(51-32)37(44)48)43(9,22-20-41(33,5)6)23-21-42(7,8)53-39(50)47-36(46-38(49)52-40(2,3)4)13-11-10-12-29-14-16-30(27-45)17-15-29/h18-19,24,26,29-30,38,49H,10-17,20-23,25,27,45H2,1-9H3,(H,46,47,50). The third kappa shape index (κ3) is 12.7. The van der Waals surface area contributed by atoms with Gasteiger partial charge in [0, 0.05) is 12.8 Å². The van der Waals surface area contributed by atoms with Gasteiger partial charge in [0.2, 0.25) is 0 Å². The van der Waals surface area contributed by atoms with Crippen LogP contribution in [0, 0.1) is 18.8 Å².